The lowest BCUT2D eigenvalue weighted by Gasteiger charge is -2.25. The van der Waals surface area contributed by atoms with Gasteiger partial charge >= 0.3 is 11.9 Å². The SMILES string of the molecule is C=CCNCC(=O)N[C@@H](CCCN=C(N)N)C(=O)NCC(=O)N[C@@H](CC(=O)O)C(=O)N(CC=C)CC(=O)O. The van der Waals surface area contributed by atoms with Crippen LogP contribution in [0.3, 0.4) is 0 Å². The monoisotopic (exact) mass is 540 g/mol. The van der Waals surface area contributed by atoms with Crippen LogP contribution >= 0.6 is 0 Å². The van der Waals surface area contributed by atoms with Crippen molar-refractivity contribution in [2.24, 2.45) is 16.5 Å². The number of rotatable bonds is 20. The summed E-state index contributed by atoms with van der Waals surface area (Å²) in [5.74, 6) is -5.99. The predicted molar refractivity (Wildman–Crippen MR) is 137 cm³/mol. The van der Waals surface area contributed by atoms with Crippen LogP contribution in [-0.2, 0) is 28.8 Å². The molecule has 4 amide bonds. The second-order valence-corrected chi connectivity index (χ2v) is 7.83. The van der Waals surface area contributed by atoms with Gasteiger partial charge < -0.3 is 47.8 Å². The Morgan fingerprint density at radius 3 is 2.11 bits per heavy atom. The minimum atomic E-state index is -1.60. The van der Waals surface area contributed by atoms with Crippen LogP contribution in [0.1, 0.15) is 19.3 Å². The quantitative estimate of drug-likeness (QED) is 0.0325. The van der Waals surface area contributed by atoms with Crippen molar-refractivity contribution in [2.45, 2.75) is 31.3 Å². The molecule has 0 heterocycles. The van der Waals surface area contributed by atoms with E-state index < -0.39 is 67.2 Å². The van der Waals surface area contributed by atoms with Gasteiger partial charge in [-0.15, -0.1) is 13.2 Å². The number of hydrogen-bond donors (Lipinski definition) is 8. The number of carbonyl (C=O) groups excluding carboxylic acids is 4. The molecule has 0 unspecified atom stereocenters. The molecule has 10 N–H and O–H groups in total. The Hall–Kier alpha value is -4.47. The van der Waals surface area contributed by atoms with E-state index in [1.165, 1.54) is 6.08 Å². The molecule has 0 bridgehead atoms. The van der Waals surface area contributed by atoms with Gasteiger partial charge in [0, 0.05) is 19.6 Å². The topological polar surface area (TPSA) is 259 Å². The number of aliphatic imine (C=N–C) groups is 1. The molecule has 2 atom stereocenters. The number of nitrogens with zero attached hydrogens (tertiary/aromatic N) is 2. The van der Waals surface area contributed by atoms with Gasteiger partial charge in [-0.25, -0.2) is 0 Å². The van der Waals surface area contributed by atoms with Crippen molar-refractivity contribution in [2.75, 3.05) is 39.3 Å². The van der Waals surface area contributed by atoms with Crippen molar-refractivity contribution in [3.63, 3.8) is 0 Å². The maximum Gasteiger partial charge on any atom is 0.323 e. The van der Waals surface area contributed by atoms with Gasteiger partial charge in [0.2, 0.25) is 23.6 Å². The molecule has 38 heavy (non-hydrogen) atoms. The molecule has 0 aliphatic heterocycles. The molecule has 0 aliphatic rings. The van der Waals surface area contributed by atoms with Crippen LogP contribution in [-0.4, -0.2) is 108 Å². The van der Waals surface area contributed by atoms with E-state index in [2.05, 4.69) is 39.4 Å². The predicted octanol–water partition coefficient (Wildman–Crippen LogP) is -3.52. The minimum absolute atomic E-state index is 0.0965. The van der Waals surface area contributed by atoms with E-state index in [0.29, 0.717) is 13.0 Å². The molecule has 0 spiro atoms. The Bertz CT molecular complexity index is 904. The van der Waals surface area contributed by atoms with Crippen LogP contribution in [0, 0.1) is 0 Å². The highest BCUT2D eigenvalue weighted by Gasteiger charge is 2.29. The molecular weight excluding hydrogens is 504 g/mol. The summed E-state index contributed by atoms with van der Waals surface area (Å²) in [7, 11) is 0. The summed E-state index contributed by atoms with van der Waals surface area (Å²) < 4.78 is 0. The maximum absolute atomic E-state index is 12.7. The molecule has 0 saturated heterocycles. The number of guanidine groups is 1. The molecular formula is C22H36N8O8. The number of nitrogens with one attached hydrogen (secondary N) is 4. The third-order valence-electron chi connectivity index (χ3n) is 4.59. The normalized spacial score (nSPS) is 11.7. The second-order valence-electron chi connectivity index (χ2n) is 7.83. The number of hydrogen-bond acceptors (Lipinski definition) is 8. The highest BCUT2D eigenvalue weighted by atomic mass is 16.4. The first kappa shape index (κ1) is 33.5. The van der Waals surface area contributed by atoms with Gasteiger partial charge in [0.1, 0.15) is 18.6 Å². The van der Waals surface area contributed by atoms with Gasteiger partial charge in [-0.3, -0.25) is 33.8 Å². The van der Waals surface area contributed by atoms with Crippen LogP contribution in [0.15, 0.2) is 30.3 Å². The fourth-order valence-electron chi connectivity index (χ4n) is 2.99. The smallest absolute Gasteiger partial charge is 0.323 e. The van der Waals surface area contributed by atoms with Crippen LogP contribution < -0.4 is 32.7 Å². The molecule has 0 aromatic carbocycles. The van der Waals surface area contributed by atoms with Crippen LogP contribution in [0.4, 0.5) is 0 Å². The minimum Gasteiger partial charge on any atom is -0.481 e. The molecule has 0 rings (SSSR count). The first-order chi connectivity index (χ1) is 17.9. The summed E-state index contributed by atoms with van der Waals surface area (Å²) in [5.41, 5.74) is 10.5. The fourth-order valence-corrected chi connectivity index (χ4v) is 2.99. The summed E-state index contributed by atoms with van der Waals surface area (Å²) in [4.78, 5) is 76.8. The third-order valence-corrected chi connectivity index (χ3v) is 4.59. The standard InChI is InChI=1S/C22H36N8O8/c1-3-7-25-11-16(31)28-14(6-5-8-26-22(23)24)20(37)27-12-17(32)29-15(10-18(33)34)21(38)30(9-4-2)13-19(35)36/h3-4,14-15,25H,1-2,5-13H2,(H,27,37)(H,28,31)(H,29,32)(H,33,34)(H,35,36)(H4,23,24,26)/t14-,15-/m0/s1. The Balaban J connectivity index is 5.27. The maximum atomic E-state index is 12.7. The van der Waals surface area contributed by atoms with Gasteiger partial charge in [-0.2, -0.15) is 0 Å². The van der Waals surface area contributed by atoms with Gasteiger partial charge in [0.15, 0.2) is 5.96 Å². The van der Waals surface area contributed by atoms with Gasteiger partial charge in [0.05, 0.1) is 19.5 Å². The number of nitrogens with two attached hydrogens (primary N) is 2. The van der Waals surface area contributed by atoms with E-state index in [9.17, 15) is 28.8 Å². The molecule has 0 fully saturated rings. The first-order valence-corrected chi connectivity index (χ1v) is 11.5. The van der Waals surface area contributed by atoms with E-state index in [-0.39, 0.29) is 32.0 Å². The fraction of sp³-hybridized carbons (Fsp3) is 0.500. The van der Waals surface area contributed by atoms with E-state index in [0.717, 1.165) is 4.90 Å². The van der Waals surface area contributed by atoms with Crippen molar-refractivity contribution < 1.29 is 39.0 Å². The zero-order valence-electron chi connectivity index (χ0n) is 21.0. The highest BCUT2D eigenvalue weighted by Crippen LogP contribution is 2.02. The Morgan fingerprint density at radius 2 is 1.55 bits per heavy atom. The molecule has 16 heteroatoms. The number of amides is 4. The summed E-state index contributed by atoms with van der Waals surface area (Å²) in [6.45, 7) is 5.79. The number of carboxylic acid groups (broad SMARTS) is 2. The Labute approximate surface area is 219 Å². The number of carboxylic acids is 2. The molecule has 0 radical (unpaired) electrons. The number of carbonyl (C=O) groups is 6. The van der Waals surface area contributed by atoms with E-state index in [1.54, 1.807) is 6.08 Å². The lowest BCUT2D eigenvalue weighted by atomic mass is 10.1. The van der Waals surface area contributed by atoms with Crippen molar-refractivity contribution in [1.29, 1.82) is 0 Å². The molecule has 212 valence electrons. The summed E-state index contributed by atoms with van der Waals surface area (Å²) >= 11 is 0. The lowest BCUT2D eigenvalue weighted by Crippen LogP contribution is -2.54. The van der Waals surface area contributed by atoms with Gasteiger partial charge in [0.25, 0.3) is 0 Å². The largest absolute Gasteiger partial charge is 0.481 e. The first-order valence-electron chi connectivity index (χ1n) is 11.5. The van der Waals surface area contributed by atoms with E-state index >= 15 is 0 Å². The van der Waals surface area contributed by atoms with Crippen molar-refractivity contribution >= 4 is 41.5 Å². The van der Waals surface area contributed by atoms with Crippen molar-refractivity contribution in [3.8, 4) is 0 Å². The zero-order chi connectivity index (χ0) is 29.1. The molecule has 16 nitrogen and oxygen atoms in total. The summed E-state index contributed by atoms with van der Waals surface area (Å²) in [5, 5.41) is 27.9. The van der Waals surface area contributed by atoms with E-state index in [4.69, 9.17) is 21.7 Å². The molecule has 0 aromatic heterocycles. The average Bonchev–Trinajstić information content (AvgIpc) is 2.82. The van der Waals surface area contributed by atoms with Gasteiger partial charge in [-0.1, -0.05) is 12.2 Å². The number of aliphatic carboxylic acids is 2. The zero-order valence-corrected chi connectivity index (χ0v) is 21.0. The second kappa shape index (κ2) is 18.8. The third kappa shape index (κ3) is 15.5. The van der Waals surface area contributed by atoms with Gasteiger partial charge in [-0.05, 0) is 12.8 Å². The molecule has 0 saturated carbocycles. The average molecular weight is 541 g/mol. The van der Waals surface area contributed by atoms with Crippen molar-refractivity contribution in [1.82, 2.24) is 26.2 Å². The van der Waals surface area contributed by atoms with Crippen LogP contribution in [0.2, 0.25) is 0 Å². The van der Waals surface area contributed by atoms with Crippen LogP contribution in [0.25, 0.3) is 0 Å². The molecule has 0 aliphatic carbocycles. The van der Waals surface area contributed by atoms with E-state index in [1.807, 2.05) is 0 Å². The lowest BCUT2D eigenvalue weighted by molar-refractivity contribution is -0.147. The highest BCUT2D eigenvalue weighted by molar-refractivity contribution is 5.94. The summed E-state index contributed by atoms with van der Waals surface area (Å²) in [6.07, 6.45) is 2.41. The van der Waals surface area contributed by atoms with Crippen molar-refractivity contribution in [3.05, 3.63) is 25.3 Å². The Kier molecular flexibility index (Phi) is 16.5. The van der Waals surface area contributed by atoms with Crippen LogP contribution in [0.5, 0.6) is 0 Å². The Morgan fingerprint density at radius 1 is 0.921 bits per heavy atom. The molecule has 0 aromatic rings. The summed E-state index contributed by atoms with van der Waals surface area (Å²) in [6, 6.07) is -2.65.